The van der Waals surface area contributed by atoms with Gasteiger partial charge in [-0.2, -0.15) is 4.98 Å². The van der Waals surface area contributed by atoms with Crippen LogP contribution in [0.15, 0.2) is 27.5 Å². The Morgan fingerprint density at radius 3 is 3.09 bits per heavy atom. The van der Waals surface area contributed by atoms with E-state index >= 15 is 0 Å². The molecule has 4 rings (SSSR count). The zero-order chi connectivity index (χ0) is 15.6. The second-order valence-corrected chi connectivity index (χ2v) is 6.16. The van der Waals surface area contributed by atoms with Crippen molar-refractivity contribution in [2.75, 3.05) is 13.1 Å². The predicted molar refractivity (Wildman–Crippen MR) is 78.7 cm³/mol. The number of aromatic nitrogens is 2. The lowest BCUT2D eigenvalue weighted by Crippen LogP contribution is -2.43. The zero-order valence-electron chi connectivity index (χ0n) is 12.8. The van der Waals surface area contributed by atoms with Gasteiger partial charge in [0.2, 0.25) is 0 Å². The van der Waals surface area contributed by atoms with Crippen molar-refractivity contribution in [3.8, 4) is 0 Å². The number of rotatable bonds is 5. The normalized spacial score (nSPS) is 21.6. The van der Waals surface area contributed by atoms with Crippen molar-refractivity contribution >= 4 is 5.91 Å². The molecule has 1 saturated carbocycles. The highest BCUT2D eigenvalue weighted by Crippen LogP contribution is 2.38. The standard InChI is InChI=1S/C16H19N3O4/c20-16(12-5-7-21-9-12)19-6-1-2-13(8-19)22-10-14-17-15(18-23-14)11-3-4-11/h5,7,9,11,13H,1-4,6,8,10H2/t13-/m1/s1. The molecule has 2 aliphatic rings. The Morgan fingerprint density at radius 1 is 1.39 bits per heavy atom. The number of carbonyl (C=O) groups is 1. The molecule has 1 aliphatic carbocycles. The topological polar surface area (TPSA) is 81.6 Å². The summed E-state index contributed by atoms with van der Waals surface area (Å²) in [4.78, 5) is 18.5. The van der Waals surface area contributed by atoms with Crippen molar-refractivity contribution in [1.82, 2.24) is 15.0 Å². The van der Waals surface area contributed by atoms with E-state index in [1.165, 1.54) is 12.5 Å². The van der Waals surface area contributed by atoms with Crippen LogP contribution in [-0.4, -0.2) is 40.1 Å². The molecule has 2 aromatic heterocycles. The van der Waals surface area contributed by atoms with E-state index in [2.05, 4.69) is 10.1 Å². The van der Waals surface area contributed by atoms with Crippen LogP contribution in [0, 0.1) is 0 Å². The van der Waals surface area contributed by atoms with Gasteiger partial charge < -0.3 is 18.6 Å². The largest absolute Gasteiger partial charge is 0.472 e. The van der Waals surface area contributed by atoms with Gasteiger partial charge in [-0.3, -0.25) is 4.79 Å². The number of carbonyl (C=O) groups excluding carboxylic acids is 1. The van der Waals surface area contributed by atoms with Crippen LogP contribution in [0.4, 0.5) is 0 Å². The van der Waals surface area contributed by atoms with Crippen molar-refractivity contribution in [3.05, 3.63) is 35.9 Å². The molecule has 0 radical (unpaired) electrons. The fourth-order valence-electron chi connectivity index (χ4n) is 2.85. The van der Waals surface area contributed by atoms with Gasteiger partial charge in [-0.25, -0.2) is 0 Å². The quantitative estimate of drug-likeness (QED) is 0.842. The van der Waals surface area contributed by atoms with Crippen molar-refractivity contribution < 1.29 is 18.5 Å². The Labute approximate surface area is 133 Å². The second kappa shape index (κ2) is 6.16. The smallest absolute Gasteiger partial charge is 0.257 e. The van der Waals surface area contributed by atoms with Gasteiger partial charge in [-0.1, -0.05) is 5.16 Å². The molecular formula is C16H19N3O4. The molecule has 0 bridgehead atoms. The first kappa shape index (κ1) is 14.4. The molecule has 1 atom stereocenters. The van der Waals surface area contributed by atoms with Gasteiger partial charge in [0.05, 0.1) is 17.9 Å². The van der Waals surface area contributed by atoms with Crippen molar-refractivity contribution in [2.24, 2.45) is 0 Å². The summed E-state index contributed by atoms with van der Waals surface area (Å²) in [5.41, 5.74) is 0.580. The van der Waals surface area contributed by atoms with Gasteiger partial charge in [0, 0.05) is 19.0 Å². The summed E-state index contributed by atoms with van der Waals surface area (Å²) in [6, 6.07) is 1.69. The van der Waals surface area contributed by atoms with Crippen LogP contribution in [-0.2, 0) is 11.3 Å². The number of amides is 1. The van der Waals surface area contributed by atoms with Crippen LogP contribution in [0.25, 0.3) is 0 Å². The first-order chi connectivity index (χ1) is 11.3. The average molecular weight is 317 g/mol. The molecule has 122 valence electrons. The summed E-state index contributed by atoms with van der Waals surface area (Å²) < 4.78 is 16.1. The summed E-state index contributed by atoms with van der Waals surface area (Å²) >= 11 is 0. The number of nitrogens with zero attached hydrogens (tertiary/aromatic N) is 3. The Kier molecular flexibility index (Phi) is 3.87. The number of hydrogen-bond acceptors (Lipinski definition) is 6. The summed E-state index contributed by atoms with van der Waals surface area (Å²) in [5.74, 6) is 1.78. The Hall–Kier alpha value is -2.15. The van der Waals surface area contributed by atoms with Crippen molar-refractivity contribution in [1.29, 1.82) is 0 Å². The summed E-state index contributed by atoms with van der Waals surface area (Å²) in [6.45, 7) is 1.63. The van der Waals surface area contributed by atoms with Gasteiger partial charge in [-0.15, -0.1) is 0 Å². The molecule has 0 unspecified atom stereocenters. The Bertz CT molecular complexity index is 663. The SMILES string of the molecule is O=C(c1ccoc1)N1CCC[C@@H](OCc2nc(C3CC3)no2)C1. The minimum Gasteiger partial charge on any atom is -0.472 e. The van der Waals surface area contributed by atoms with E-state index in [0.717, 1.165) is 38.1 Å². The number of furan rings is 1. The van der Waals surface area contributed by atoms with Crippen LogP contribution in [0.2, 0.25) is 0 Å². The van der Waals surface area contributed by atoms with Gasteiger partial charge in [0.25, 0.3) is 11.8 Å². The Balaban J connectivity index is 1.31. The number of likely N-dealkylation sites (tertiary alicyclic amines) is 1. The molecule has 1 amide bonds. The maximum absolute atomic E-state index is 12.3. The minimum absolute atomic E-state index is 0.00382. The molecule has 1 saturated heterocycles. The molecule has 2 fully saturated rings. The number of ether oxygens (including phenoxy) is 1. The highest BCUT2D eigenvalue weighted by Gasteiger charge is 2.29. The Morgan fingerprint density at radius 2 is 2.30 bits per heavy atom. The lowest BCUT2D eigenvalue weighted by Gasteiger charge is -2.32. The van der Waals surface area contributed by atoms with E-state index in [-0.39, 0.29) is 12.0 Å². The molecule has 1 aliphatic heterocycles. The second-order valence-electron chi connectivity index (χ2n) is 6.16. The fourth-order valence-corrected chi connectivity index (χ4v) is 2.85. The third-order valence-electron chi connectivity index (χ3n) is 4.30. The molecule has 7 heteroatoms. The molecule has 0 spiro atoms. The average Bonchev–Trinajstić information content (AvgIpc) is 3.11. The molecule has 23 heavy (non-hydrogen) atoms. The van der Waals surface area contributed by atoms with Crippen LogP contribution < -0.4 is 0 Å². The maximum Gasteiger partial charge on any atom is 0.257 e. The van der Waals surface area contributed by atoms with E-state index in [1.54, 1.807) is 6.07 Å². The highest BCUT2D eigenvalue weighted by molar-refractivity contribution is 5.93. The first-order valence-electron chi connectivity index (χ1n) is 8.05. The van der Waals surface area contributed by atoms with E-state index in [0.29, 0.717) is 30.5 Å². The van der Waals surface area contributed by atoms with Crippen LogP contribution >= 0.6 is 0 Å². The summed E-state index contributed by atoms with van der Waals surface area (Å²) in [5, 5.41) is 3.98. The van der Waals surface area contributed by atoms with Gasteiger partial charge in [-0.05, 0) is 31.7 Å². The lowest BCUT2D eigenvalue weighted by molar-refractivity contribution is -0.0153. The van der Waals surface area contributed by atoms with E-state index in [4.69, 9.17) is 13.7 Å². The van der Waals surface area contributed by atoms with Crippen LogP contribution in [0.5, 0.6) is 0 Å². The molecule has 0 N–H and O–H groups in total. The molecule has 0 aromatic carbocycles. The monoisotopic (exact) mass is 317 g/mol. The van der Waals surface area contributed by atoms with Gasteiger partial charge >= 0.3 is 0 Å². The summed E-state index contributed by atoms with van der Waals surface area (Å²) in [7, 11) is 0. The zero-order valence-corrected chi connectivity index (χ0v) is 12.8. The van der Waals surface area contributed by atoms with Crippen molar-refractivity contribution in [2.45, 2.75) is 44.3 Å². The molecule has 3 heterocycles. The lowest BCUT2D eigenvalue weighted by atomic mass is 10.1. The highest BCUT2D eigenvalue weighted by atomic mass is 16.5. The third kappa shape index (κ3) is 3.29. The minimum atomic E-state index is -0.0131. The molecule has 2 aromatic rings. The van der Waals surface area contributed by atoms with E-state index < -0.39 is 0 Å². The first-order valence-corrected chi connectivity index (χ1v) is 8.05. The van der Waals surface area contributed by atoms with Crippen LogP contribution in [0.3, 0.4) is 0 Å². The predicted octanol–water partition coefficient (Wildman–Crippen LogP) is 2.36. The number of piperidine rings is 1. The third-order valence-corrected chi connectivity index (χ3v) is 4.30. The summed E-state index contributed by atoms with van der Waals surface area (Å²) in [6.07, 6.45) is 7.13. The van der Waals surface area contributed by atoms with Gasteiger partial charge in [0.1, 0.15) is 12.9 Å². The fraction of sp³-hybridized carbons (Fsp3) is 0.562. The maximum atomic E-state index is 12.3. The van der Waals surface area contributed by atoms with Gasteiger partial charge in [0.15, 0.2) is 5.82 Å². The van der Waals surface area contributed by atoms with E-state index in [9.17, 15) is 4.79 Å². The van der Waals surface area contributed by atoms with Crippen molar-refractivity contribution in [3.63, 3.8) is 0 Å². The number of hydrogen-bond donors (Lipinski definition) is 0. The van der Waals surface area contributed by atoms with E-state index in [1.807, 2.05) is 4.90 Å². The van der Waals surface area contributed by atoms with Crippen LogP contribution in [0.1, 0.15) is 53.7 Å². The molecule has 7 nitrogen and oxygen atoms in total. The molecular weight excluding hydrogens is 298 g/mol.